The van der Waals surface area contributed by atoms with Crippen LogP contribution >= 0.6 is 0 Å². The molecule has 0 bridgehead atoms. The number of nitrogens with zero attached hydrogens (tertiary/aromatic N) is 2. The van der Waals surface area contributed by atoms with Crippen LogP contribution in [-0.2, 0) is 6.42 Å². The summed E-state index contributed by atoms with van der Waals surface area (Å²) in [5, 5.41) is 0. The number of methoxy groups -OCH3 is 1. The predicted molar refractivity (Wildman–Crippen MR) is 107 cm³/mol. The normalized spacial score (nSPS) is 13.1. The molecule has 2 heterocycles. The molecular weight excluding hydrogens is 322 g/mol. The van der Waals surface area contributed by atoms with Crippen LogP contribution in [0.3, 0.4) is 0 Å². The van der Waals surface area contributed by atoms with E-state index in [1.54, 1.807) is 19.5 Å². The number of fused-ring (bicyclic) bond motifs is 1. The maximum atomic E-state index is 5.60. The molecule has 4 heteroatoms. The number of hydrogen-bond donors (Lipinski definition) is 1. The Bertz CT molecular complexity index is 862. The summed E-state index contributed by atoms with van der Waals surface area (Å²) in [6.07, 6.45) is 6.94. The second-order valence-corrected chi connectivity index (χ2v) is 8.40. The lowest BCUT2D eigenvalue weighted by atomic mass is 9.84. The highest BCUT2D eigenvalue weighted by molar-refractivity contribution is 5.86. The van der Waals surface area contributed by atoms with Gasteiger partial charge in [0.2, 0.25) is 0 Å². The van der Waals surface area contributed by atoms with E-state index < -0.39 is 0 Å². The van der Waals surface area contributed by atoms with E-state index in [0.29, 0.717) is 11.3 Å². The summed E-state index contributed by atoms with van der Waals surface area (Å²) < 4.78 is 5.60. The van der Waals surface area contributed by atoms with Crippen molar-refractivity contribution in [2.45, 2.75) is 47.0 Å². The summed E-state index contributed by atoms with van der Waals surface area (Å²) in [7, 11) is 1.70. The van der Waals surface area contributed by atoms with Crippen molar-refractivity contribution in [1.82, 2.24) is 15.0 Å². The van der Waals surface area contributed by atoms with Crippen molar-refractivity contribution in [3.05, 3.63) is 42.5 Å². The lowest BCUT2D eigenvalue weighted by Gasteiger charge is -2.22. The minimum atomic E-state index is 0.375. The number of imidazole rings is 1. The quantitative estimate of drug-likeness (QED) is 0.625. The molecule has 0 spiro atoms. The fourth-order valence-electron chi connectivity index (χ4n) is 3.67. The van der Waals surface area contributed by atoms with Gasteiger partial charge in [-0.2, -0.15) is 0 Å². The zero-order valence-electron chi connectivity index (χ0n) is 16.5. The minimum Gasteiger partial charge on any atom is -0.496 e. The van der Waals surface area contributed by atoms with Gasteiger partial charge in [-0.3, -0.25) is 4.98 Å². The average Bonchev–Trinajstić information content (AvgIpc) is 3.00. The second kappa shape index (κ2) is 7.48. The van der Waals surface area contributed by atoms with Gasteiger partial charge in [0.1, 0.15) is 11.6 Å². The Balaban J connectivity index is 1.83. The monoisotopic (exact) mass is 351 g/mol. The van der Waals surface area contributed by atoms with Crippen molar-refractivity contribution in [2.75, 3.05) is 7.11 Å². The van der Waals surface area contributed by atoms with Crippen molar-refractivity contribution in [3.8, 4) is 16.9 Å². The number of benzene rings is 1. The first-order chi connectivity index (χ1) is 12.4. The molecule has 3 rings (SSSR count). The first kappa shape index (κ1) is 18.4. The summed E-state index contributed by atoms with van der Waals surface area (Å²) in [6.45, 7) is 9.24. The Morgan fingerprint density at radius 3 is 2.54 bits per heavy atom. The van der Waals surface area contributed by atoms with E-state index in [1.807, 2.05) is 18.2 Å². The molecule has 4 nitrogen and oxygen atoms in total. The number of H-pyrrole nitrogens is 1. The molecule has 0 radical (unpaired) electrons. The molecule has 0 saturated carbocycles. The van der Waals surface area contributed by atoms with Crippen LogP contribution in [0.15, 0.2) is 36.7 Å². The number of nitrogens with one attached hydrogen (secondary N) is 1. The molecular formula is C22H29N3O. The topological polar surface area (TPSA) is 50.8 Å². The molecule has 1 atom stereocenters. The number of ether oxygens (including phenoxy) is 1. The molecule has 0 fully saturated rings. The van der Waals surface area contributed by atoms with E-state index in [4.69, 9.17) is 9.72 Å². The third-order valence-corrected chi connectivity index (χ3v) is 4.68. The lowest BCUT2D eigenvalue weighted by molar-refractivity contribution is 0.296. The zero-order chi connectivity index (χ0) is 18.7. The van der Waals surface area contributed by atoms with Crippen LogP contribution in [0.5, 0.6) is 5.75 Å². The summed E-state index contributed by atoms with van der Waals surface area (Å²) in [5.74, 6) is 2.57. The number of aromatic nitrogens is 3. The predicted octanol–water partition coefficient (Wildman–Crippen LogP) is 5.64. The van der Waals surface area contributed by atoms with Crippen LogP contribution in [0.25, 0.3) is 22.2 Å². The van der Waals surface area contributed by atoms with Gasteiger partial charge in [-0.1, -0.05) is 27.7 Å². The number of pyridine rings is 1. The first-order valence-corrected chi connectivity index (χ1v) is 9.33. The van der Waals surface area contributed by atoms with Crippen molar-refractivity contribution >= 4 is 11.0 Å². The smallest absolute Gasteiger partial charge is 0.128 e. The van der Waals surface area contributed by atoms with Gasteiger partial charge in [0, 0.05) is 30.4 Å². The third kappa shape index (κ3) is 4.43. The van der Waals surface area contributed by atoms with Crippen LogP contribution in [0, 0.1) is 11.3 Å². The second-order valence-electron chi connectivity index (χ2n) is 8.40. The minimum absolute atomic E-state index is 0.375. The van der Waals surface area contributed by atoms with Crippen LogP contribution in [-0.4, -0.2) is 22.1 Å². The number of hydrogen-bond acceptors (Lipinski definition) is 3. The molecule has 0 saturated heterocycles. The molecule has 2 aromatic heterocycles. The van der Waals surface area contributed by atoms with Crippen molar-refractivity contribution in [3.63, 3.8) is 0 Å². The molecule has 26 heavy (non-hydrogen) atoms. The Morgan fingerprint density at radius 2 is 1.88 bits per heavy atom. The number of aromatic amines is 1. The third-order valence-electron chi connectivity index (χ3n) is 4.68. The van der Waals surface area contributed by atoms with Gasteiger partial charge in [-0.25, -0.2) is 4.98 Å². The first-order valence-electron chi connectivity index (χ1n) is 9.33. The Morgan fingerprint density at radius 1 is 1.15 bits per heavy atom. The number of aryl methyl sites for hydroxylation is 1. The molecule has 0 aliphatic heterocycles. The Hall–Kier alpha value is -2.36. The Kier molecular flexibility index (Phi) is 5.30. The van der Waals surface area contributed by atoms with Crippen molar-refractivity contribution in [2.24, 2.45) is 11.3 Å². The van der Waals surface area contributed by atoms with Gasteiger partial charge < -0.3 is 9.72 Å². The molecule has 0 amide bonds. The maximum absolute atomic E-state index is 5.60. The zero-order valence-corrected chi connectivity index (χ0v) is 16.5. The summed E-state index contributed by atoms with van der Waals surface area (Å²) in [5.41, 5.74) is 4.53. The van der Waals surface area contributed by atoms with E-state index >= 15 is 0 Å². The molecule has 0 aliphatic carbocycles. The fraction of sp³-hybridized carbons (Fsp3) is 0.455. The van der Waals surface area contributed by atoms with E-state index in [2.05, 4.69) is 43.7 Å². The van der Waals surface area contributed by atoms with Gasteiger partial charge >= 0.3 is 0 Å². The lowest BCUT2D eigenvalue weighted by Crippen LogP contribution is -2.11. The highest BCUT2D eigenvalue weighted by Crippen LogP contribution is 2.33. The summed E-state index contributed by atoms with van der Waals surface area (Å²) >= 11 is 0. The SMILES string of the molecule is COc1cc2nc(CCC(C)CC(C)(C)C)[nH]c2cc1-c1ccncc1. The highest BCUT2D eigenvalue weighted by atomic mass is 16.5. The molecule has 1 N–H and O–H groups in total. The van der Waals surface area contributed by atoms with Crippen LogP contribution < -0.4 is 4.74 Å². The molecule has 0 aliphatic rings. The van der Waals surface area contributed by atoms with Gasteiger partial charge in [-0.15, -0.1) is 0 Å². The maximum Gasteiger partial charge on any atom is 0.128 e. The standard InChI is InChI=1S/C22H29N3O/c1-15(14-22(2,3)4)6-7-21-24-18-12-17(16-8-10-23-11-9-16)20(26-5)13-19(18)25-21/h8-13,15H,6-7,14H2,1-5H3,(H,24,25). The van der Waals surface area contributed by atoms with Crippen molar-refractivity contribution in [1.29, 1.82) is 0 Å². The Labute approximate surface area is 156 Å². The highest BCUT2D eigenvalue weighted by Gasteiger charge is 2.16. The number of rotatable bonds is 6. The molecule has 3 aromatic rings. The van der Waals surface area contributed by atoms with E-state index in [1.165, 1.54) is 6.42 Å². The largest absolute Gasteiger partial charge is 0.496 e. The molecule has 1 unspecified atom stereocenters. The van der Waals surface area contributed by atoms with E-state index in [0.717, 1.165) is 46.6 Å². The summed E-state index contributed by atoms with van der Waals surface area (Å²) in [6, 6.07) is 8.13. The van der Waals surface area contributed by atoms with Gasteiger partial charge in [0.05, 0.1) is 18.1 Å². The van der Waals surface area contributed by atoms with Crippen LogP contribution in [0.4, 0.5) is 0 Å². The van der Waals surface area contributed by atoms with Crippen LogP contribution in [0.1, 0.15) is 46.4 Å². The van der Waals surface area contributed by atoms with E-state index in [9.17, 15) is 0 Å². The summed E-state index contributed by atoms with van der Waals surface area (Å²) in [4.78, 5) is 12.4. The molecule has 1 aromatic carbocycles. The average molecular weight is 351 g/mol. The van der Waals surface area contributed by atoms with Crippen LogP contribution in [0.2, 0.25) is 0 Å². The van der Waals surface area contributed by atoms with Gasteiger partial charge in [0.25, 0.3) is 0 Å². The van der Waals surface area contributed by atoms with Crippen molar-refractivity contribution < 1.29 is 4.74 Å². The molecule has 138 valence electrons. The van der Waals surface area contributed by atoms with Gasteiger partial charge in [0.15, 0.2) is 0 Å². The fourth-order valence-corrected chi connectivity index (χ4v) is 3.67. The van der Waals surface area contributed by atoms with Gasteiger partial charge in [-0.05, 0) is 47.9 Å². The van der Waals surface area contributed by atoms with E-state index in [-0.39, 0.29) is 0 Å².